The summed E-state index contributed by atoms with van der Waals surface area (Å²) in [6, 6.07) is 7.82. The van der Waals surface area contributed by atoms with Crippen molar-refractivity contribution < 1.29 is 4.79 Å². The summed E-state index contributed by atoms with van der Waals surface area (Å²) in [6.45, 7) is 1.95. The molecule has 3 heterocycles. The van der Waals surface area contributed by atoms with Gasteiger partial charge in [0.15, 0.2) is 0 Å². The largest absolute Gasteiger partial charge is 0.348 e. The number of nitrogens with one attached hydrogen (secondary N) is 1. The summed E-state index contributed by atoms with van der Waals surface area (Å²) in [5.74, 6) is 0.413. The van der Waals surface area contributed by atoms with E-state index in [1.807, 2.05) is 23.1 Å². The predicted molar refractivity (Wildman–Crippen MR) is 81.3 cm³/mol. The van der Waals surface area contributed by atoms with Crippen LogP contribution in [0.25, 0.3) is 0 Å². The van der Waals surface area contributed by atoms with Gasteiger partial charge >= 0.3 is 6.03 Å². The molecule has 5 nitrogen and oxygen atoms in total. The lowest BCUT2D eigenvalue weighted by Gasteiger charge is -2.37. The Morgan fingerprint density at radius 1 is 1.33 bits per heavy atom. The molecule has 1 atom stereocenters. The van der Waals surface area contributed by atoms with Gasteiger partial charge in [0.25, 0.3) is 0 Å². The first-order chi connectivity index (χ1) is 10.3. The molecule has 110 valence electrons. The highest BCUT2D eigenvalue weighted by Crippen LogP contribution is 2.31. The van der Waals surface area contributed by atoms with Gasteiger partial charge in [-0.05, 0) is 29.8 Å². The van der Waals surface area contributed by atoms with Crippen molar-refractivity contribution in [3.63, 3.8) is 0 Å². The molecule has 2 aromatic rings. The standard InChI is InChI=1S/C15H17ClN4O/c16-5-8-18-15(21)20-11-10-19-9-1-2-13(19)14(20)12-3-6-17-7-4-12/h1-4,6-7,9,14H,5,8,10-11H2,(H,18,21)/t14-/m1/s1. The minimum Gasteiger partial charge on any atom is -0.348 e. The molecule has 1 aliphatic rings. The van der Waals surface area contributed by atoms with E-state index in [0.29, 0.717) is 19.0 Å². The number of aromatic nitrogens is 2. The lowest BCUT2D eigenvalue weighted by molar-refractivity contribution is 0.169. The fourth-order valence-electron chi connectivity index (χ4n) is 2.75. The molecule has 0 saturated carbocycles. The summed E-state index contributed by atoms with van der Waals surface area (Å²) >= 11 is 5.66. The van der Waals surface area contributed by atoms with Gasteiger partial charge in [-0.25, -0.2) is 4.79 Å². The third-order valence-corrected chi connectivity index (χ3v) is 3.88. The second kappa shape index (κ2) is 6.18. The SMILES string of the molecule is O=C(NCCCl)N1CCn2cccc2[C@H]1c1ccncc1. The van der Waals surface area contributed by atoms with E-state index >= 15 is 0 Å². The highest BCUT2D eigenvalue weighted by Gasteiger charge is 2.31. The third kappa shape index (κ3) is 2.74. The quantitative estimate of drug-likeness (QED) is 0.884. The molecule has 0 bridgehead atoms. The molecule has 1 aliphatic heterocycles. The summed E-state index contributed by atoms with van der Waals surface area (Å²) in [5.41, 5.74) is 2.18. The fourth-order valence-corrected chi connectivity index (χ4v) is 2.85. The van der Waals surface area contributed by atoms with Gasteiger partial charge in [0.05, 0.1) is 6.04 Å². The summed E-state index contributed by atoms with van der Waals surface area (Å²) < 4.78 is 2.19. The lowest BCUT2D eigenvalue weighted by Crippen LogP contribution is -2.47. The monoisotopic (exact) mass is 304 g/mol. The van der Waals surface area contributed by atoms with Crippen LogP contribution in [0.4, 0.5) is 4.79 Å². The fraction of sp³-hybridized carbons (Fsp3) is 0.333. The number of pyridine rings is 1. The Balaban J connectivity index is 1.95. The first-order valence-electron chi connectivity index (χ1n) is 6.96. The number of alkyl halides is 1. The maximum absolute atomic E-state index is 12.4. The molecule has 6 heteroatoms. The van der Waals surface area contributed by atoms with Crippen LogP contribution in [-0.2, 0) is 6.54 Å². The minimum absolute atomic E-state index is 0.0788. The van der Waals surface area contributed by atoms with Crippen molar-refractivity contribution in [1.82, 2.24) is 19.8 Å². The average Bonchev–Trinajstić information content (AvgIpc) is 3.01. The average molecular weight is 305 g/mol. The number of amides is 2. The van der Waals surface area contributed by atoms with Crippen LogP contribution in [0, 0.1) is 0 Å². The summed E-state index contributed by atoms with van der Waals surface area (Å²) in [4.78, 5) is 18.3. The van der Waals surface area contributed by atoms with E-state index in [0.717, 1.165) is 17.8 Å². The zero-order valence-electron chi connectivity index (χ0n) is 11.6. The number of fused-ring (bicyclic) bond motifs is 1. The Labute approximate surface area is 128 Å². The van der Waals surface area contributed by atoms with Gasteiger partial charge in [-0.1, -0.05) is 0 Å². The van der Waals surface area contributed by atoms with Crippen LogP contribution in [0.2, 0.25) is 0 Å². The summed E-state index contributed by atoms with van der Waals surface area (Å²) in [5, 5.41) is 2.85. The van der Waals surface area contributed by atoms with Gasteiger partial charge in [0.1, 0.15) is 0 Å². The number of carbonyl (C=O) groups excluding carboxylic acids is 1. The van der Waals surface area contributed by atoms with Gasteiger partial charge in [-0.15, -0.1) is 11.6 Å². The molecule has 2 amide bonds. The van der Waals surface area contributed by atoms with E-state index in [-0.39, 0.29) is 12.1 Å². The van der Waals surface area contributed by atoms with Crippen molar-refractivity contribution in [2.24, 2.45) is 0 Å². The molecule has 1 N–H and O–H groups in total. The highest BCUT2D eigenvalue weighted by molar-refractivity contribution is 6.18. The summed E-state index contributed by atoms with van der Waals surface area (Å²) in [6.07, 6.45) is 5.57. The maximum Gasteiger partial charge on any atom is 0.318 e. The van der Waals surface area contributed by atoms with Crippen LogP contribution in [0.3, 0.4) is 0 Å². The molecule has 0 spiro atoms. The van der Waals surface area contributed by atoms with Crippen molar-refractivity contribution in [1.29, 1.82) is 0 Å². The molecule has 0 unspecified atom stereocenters. The Kier molecular flexibility index (Phi) is 4.10. The molecule has 21 heavy (non-hydrogen) atoms. The number of rotatable bonds is 3. The van der Waals surface area contributed by atoms with Crippen LogP contribution in [0.1, 0.15) is 17.3 Å². The van der Waals surface area contributed by atoms with E-state index in [1.165, 1.54) is 0 Å². The van der Waals surface area contributed by atoms with Gasteiger partial charge < -0.3 is 14.8 Å². The Bertz CT molecular complexity index is 613. The summed E-state index contributed by atoms with van der Waals surface area (Å²) in [7, 11) is 0. The number of hydrogen-bond acceptors (Lipinski definition) is 2. The zero-order chi connectivity index (χ0) is 14.7. The number of nitrogens with zero attached hydrogens (tertiary/aromatic N) is 3. The Hall–Kier alpha value is -2.01. The molecule has 2 aromatic heterocycles. The Morgan fingerprint density at radius 2 is 2.14 bits per heavy atom. The second-order valence-electron chi connectivity index (χ2n) is 4.92. The highest BCUT2D eigenvalue weighted by atomic mass is 35.5. The smallest absolute Gasteiger partial charge is 0.318 e. The molecule has 0 aromatic carbocycles. The van der Waals surface area contributed by atoms with E-state index in [1.54, 1.807) is 12.4 Å². The molecule has 0 aliphatic carbocycles. The number of urea groups is 1. The van der Waals surface area contributed by atoms with Crippen molar-refractivity contribution >= 4 is 17.6 Å². The van der Waals surface area contributed by atoms with Gasteiger partial charge in [-0.2, -0.15) is 0 Å². The first-order valence-corrected chi connectivity index (χ1v) is 7.50. The second-order valence-corrected chi connectivity index (χ2v) is 5.30. The van der Waals surface area contributed by atoms with Crippen LogP contribution in [-0.4, -0.2) is 39.5 Å². The van der Waals surface area contributed by atoms with Gasteiger partial charge in [0.2, 0.25) is 0 Å². The number of halogens is 1. The maximum atomic E-state index is 12.4. The number of hydrogen-bond donors (Lipinski definition) is 1. The van der Waals surface area contributed by atoms with E-state index in [9.17, 15) is 4.79 Å². The molecular formula is C15H17ClN4O. The van der Waals surface area contributed by atoms with E-state index < -0.39 is 0 Å². The van der Waals surface area contributed by atoms with E-state index in [4.69, 9.17) is 11.6 Å². The van der Waals surface area contributed by atoms with Gasteiger partial charge in [-0.3, -0.25) is 4.98 Å². The lowest BCUT2D eigenvalue weighted by atomic mass is 10.0. The first kappa shape index (κ1) is 13.9. The van der Waals surface area contributed by atoms with Crippen molar-refractivity contribution in [2.75, 3.05) is 19.0 Å². The van der Waals surface area contributed by atoms with Crippen molar-refractivity contribution in [3.8, 4) is 0 Å². The minimum atomic E-state index is -0.0907. The third-order valence-electron chi connectivity index (χ3n) is 3.69. The van der Waals surface area contributed by atoms with Crippen molar-refractivity contribution in [2.45, 2.75) is 12.6 Å². The molecule has 0 fully saturated rings. The molecule has 0 radical (unpaired) electrons. The predicted octanol–water partition coefficient (Wildman–Crippen LogP) is 2.24. The molecule has 0 saturated heterocycles. The van der Waals surface area contributed by atoms with Gasteiger partial charge in [0, 0.05) is 49.8 Å². The molecule has 3 rings (SSSR count). The normalized spacial score (nSPS) is 17.4. The van der Waals surface area contributed by atoms with Crippen LogP contribution in [0.15, 0.2) is 42.9 Å². The topological polar surface area (TPSA) is 50.2 Å². The Morgan fingerprint density at radius 3 is 2.90 bits per heavy atom. The van der Waals surface area contributed by atoms with Crippen LogP contribution >= 0.6 is 11.6 Å². The number of carbonyl (C=O) groups is 1. The van der Waals surface area contributed by atoms with Crippen LogP contribution < -0.4 is 5.32 Å². The zero-order valence-corrected chi connectivity index (χ0v) is 12.3. The van der Waals surface area contributed by atoms with Crippen LogP contribution in [0.5, 0.6) is 0 Å². The molecular weight excluding hydrogens is 288 g/mol. The van der Waals surface area contributed by atoms with E-state index in [2.05, 4.69) is 27.1 Å². The van der Waals surface area contributed by atoms with Crippen molar-refractivity contribution in [3.05, 3.63) is 54.1 Å².